The van der Waals surface area contributed by atoms with Gasteiger partial charge in [0.2, 0.25) is 0 Å². The molecular formula is C58H108O5. The maximum atomic E-state index is 12.2. The lowest BCUT2D eigenvalue weighted by Crippen LogP contribution is -2.28. The lowest BCUT2D eigenvalue weighted by molar-refractivity contribution is -0.161. The molecule has 0 aromatic carbocycles. The van der Waals surface area contributed by atoms with E-state index < -0.39 is 6.10 Å². The third kappa shape index (κ3) is 52.6. The molecule has 0 aromatic rings. The van der Waals surface area contributed by atoms with E-state index in [1.54, 1.807) is 0 Å². The Bertz CT molecular complexity index is 1000. The standard InChI is InChI=1S/C58H108O5/c1-3-5-7-9-11-13-15-17-19-20-21-22-23-24-25-26-27-28-29-30-31-32-33-34-35-36-37-38-39-41-42-44-46-48-50-52-57(60)62-55-56(54-59)63-58(61)53-51-49-47-45-43-40-18-16-14-12-10-8-6-4-2/h10,12,16,18,20-21,56,59H,3-9,11,13-15,17,19,22-55H2,1-2H3/b12-10-,18-16-,21-20-. The Kier molecular flexibility index (Phi) is 52.8. The fourth-order valence-electron chi connectivity index (χ4n) is 8.39. The molecule has 0 aliphatic carbocycles. The number of aliphatic hydroxyl groups excluding tert-OH is 1. The molecule has 5 heteroatoms. The van der Waals surface area contributed by atoms with E-state index in [1.165, 1.54) is 225 Å². The van der Waals surface area contributed by atoms with E-state index in [2.05, 4.69) is 50.3 Å². The number of ether oxygens (including phenoxy) is 2. The van der Waals surface area contributed by atoms with Crippen LogP contribution in [0.15, 0.2) is 36.5 Å². The Morgan fingerprint density at radius 2 is 0.651 bits per heavy atom. The molecule has 0 saturated heterocycles. The third-order valence-electron chi connectivity index (χ3n) is 12.7. The van der Waals surface area contributed by atoms with Crippen LogP contribution in [0.5, 0.6) is 0 Å². The Hall–Kier alpha value is -1.88. The van der Waals surface area contributed by atoms with Gasteiger partial charge in [-0.25, -0.2) is 0 Å². The normalized spacial score (nSPS) is 12.4. The quantitative estimate of drug-likeness (QED) is 0.0374. The minimum Gasteiger partial charge on any atom is -0.462 e. The van der Waals surface area contributed by atoms with Crippen LogP contribution in [0.1, 0.15) is 303 Å². The molecule has 0 saturated carbocycles. The first-order chi connectivity index (χ1) is 31.1. The number of esters is 2. The summed E-state index contributed by atoms with van der Waals surface area (Å²) in [6, 6.07) is 0. The number of allylic oxidation sites excluding steroid dienone is 6. The van der Waals surface area contributed by atoms with Gasteiger partial charge in [0.25, 0.3) is 0 Å². The van der Waals surface area contributed by atoms with E-state index >= 15 is 0 Å². The van der Waals surface area contributed by atoms with Crippen molar-refractivity contribution in [3.05, 3.63) is 36.5 Å². The molecule has 1 unspecified atom stereocenters. The first kappa shape index (κ1) is 61.1. The van der Waals surface area contributed by atoms with Crippen molar-refractivity contribution < 1.29 is 24.2 Å². The fourth-order valence-corrected chi connectivity index (χ4v) is 8.39. The molecular weight excluding hydrogens is 777 g/mol. The first-order valence-electron chi connectivity index (χ1n) is 28.0. The Balaban J connectivity index is 3.38. The van der Waals surface area contributed by atoms with Gasteiger partial charge in [-0.3, -0.25) is 9.59 Å². The summed E-state index contributed by atoms with van der Waals surface area (Å²) in [4.78, 5) is 24.4. The number of rotatable bonds is 52. The van der Waals surface area contributed by atoms with Gasteiger partial charge >= 0.3 is 11.9 Å². The van der Waals surface area contributed by atoms with Crippen molar-refractivity contribution in [1.29, 1.82) is 0 Å². The summed E-state index contributed by atoms with van der Waals surface area (Å²) < 4.78 is 10.7. The fraction of sp³-hybridized carbons (Fsp3) is 0.862. The van der Waals surface area contributed by atoms with Crippen LogP contribution in [0.2, 0.25) is 0 Å². The molecule has 1 atom stereocenters. The molecule has 0 bridgehead atoms. The summed E-state index contributed by atoms with van der Waals surface area (Å²) in [7, 11) is 0. The zero-order valence-electron chi connectivity index (χ0n) is 42.4. The van der Waals surface area contributed by atoms with Gasteiger partial charge in [-0.05, 0) is 64.2 Å². The molecule has 0 aliphatic heterocycles. The second-order valence-electron chi connectivity index (χ2n) is 19.0. The maximum absolute atomic E-state index is 12.2. The number of hydrogen-bond acceptors (Lipinski definition) is 5. The van der Waals surface area contributed by atoms with E-state index in [0.29, 0.717) is 12.8 Å². The van der Waals surface area contributed by atoms with Crippen LogP contribution < -0.4 is 0 Å². The highest BCUT2D eigenvalue weighted by molar-refractivity contribution is 5.70. The Labute approximate surface area is 393 Å². The monoisotopic (exact) mass is 885 g/mol. The molecule has 0 heterocycles. The van der Waals surface area contributed by atoms with Crippen LogP contribution in [-0.2, 0) is 19.1 Å². The Morgan fingerprint density at radius 1 is 0.365 bits per heavy atom. The van der Waals surface area contributed by atoms with E-state index in [-0.39, 0.29) is 25.2 Å². The van der Waals surface area contributed by atoms with Crippen LogP contribution in [0, 0.1) is 0 Å². The number of carbonyl (C=O) groups excluding carboxylic acids is 2. The van der Waals surface area contributed by atoms with Crippen molar-refractivity contribution in [2.45, 2.75) is 309 Å². The largest absolute Gasteiger partial charge is 0.462 e. The molecule has 370 valence electrons. The second-order valence-corrected chi connectivity index (χ2v) is 19.0. The molecule has 0 fully saturated rings. The summed E-state index contributed by atoms with van der Waals surface area (Å²) in [6.07, 6.45) is 70.0. The van der Waals surface area contributed by atoms with Crippen molar-refractivity contribution in [2.24, 2.45) is 0 Å². The van der Waals surface area contributed by atoms with Gasteiger partial charge in [0.05, 0.1) is 6.61 Å². The Morgan fingerprint density at radius 3 is 1.00 bits per heavy atom. The topological polar surface area (TPSA) is 72.8 Å². The van der Waals surface area contributed by atoms with E-state index in [4.69, 9.17) is 9.47 Å². The highest BCUT2D eigenvalue weighted by Crippen LogP contribution is 2.17. The molecule has 0 aliphatic rings. The number of carbonyl (C=O) groups is 2. The van der Waals surface area contributed by atoms with Crippen LogP contribution >= 0.6 is 0 Å². The van der Waals surface area contributed by atoms with Gasteiger partial charge in [0, 0.05) is 12.8 Å². The molecule has 0 radical (unpaired) electrons. The molecule has 63 heavy (non-hydrogen) atoms. The summed E-state index contributed by atoms with van der Waals surface area (Å²) in [5.74, 6) is -0.594. The predicted octanol–water partition coefficient (Wildman–Crippen LogP) is 18.7. The van der Waals surface area contributed by atoms with E-state index in [9.17, 15) is 14.7 Å². The molecule has 0 rings (SSSR count). The maximum Gasteiger partial charge on any atom is 0.306 e. The number of hydrogen-bond donors (Lipinski definition) is 1. The van der Waals surface area contributed by atoms with Crippen molar-refractivity contribution in [1.82, 2.24) is 0 Å². The van der Waals surface area contributed by atoms with Crippen LogP contribution in [0.25, 0.3) is 0 Å². The molecule has 0 aromatic heterocycles. The van der Waals surface area contributed by atoms with Crippen molar-refractivity contribution in [3.8, 4) is 0 Å². The second kappa shape index (κ2) is 54.5. The van der Waals surface area contributed by atoms with Gasteiger partial charge in [-0.2, -0.15) is 0 Å². The van der Waals surface area contributed by atoms with Gasteiger partial charge in [-0.1, -0.05) is 262 Å². The van der Waals surface area contributed by atoms with Crippen molar-refractivity contribution in [3.63, 3.8) is 0 Å². The first-order valence-corrected chi connectivity index (χ1v) is 28.0. The number of unbranched alkanes of at least 4 members (excludes halogenated alkanes) is 38. The van der Waals surface area contributed by atoms with Crippen LogP contribution in [-0.4, -0.2) is 36.4 Å². The summed E-state index contributed by atoms with van der Waals surface area (Å²) in [5.41, 5.74) is 0. The highest BCUT2D eigenvalue weighted by atomic mass is 16.6. The van der Waals surface area contributed by atoms with Crippen LogP contribution in [0.4, 0.5) is 0 Å². The van der Waals surface area contributed by atoms with Crippen LogP contribution in [0.3, 0.4) is 0 Å². The highest BCUT2D eigenvalue weighted by Gasteiger charge is 2.16. The summed E-state index contributed by atoms with van der Waals surface area (Å²) in [6.45, 7) is 4.12. The molecule has 0 amide bonds. The van der Waals surface area contributed by atoms with Gasteiger partial charge in [0.15, 0.2) is 6.10 Å². The minimum absolute atomic E-state index is 0.0678. The minimum atomic E-state index is -0.776. The van der Waals surface area contributed by atoms with Gasteiger partial charge < -0.3 is 14.6 Å². The molecule has 0 spiro atoms. The average molecular weight is 885 g/mol. The zero-order chi connectivity index (χ0) is 45.6. The molecule has 1 N–H and O–H groups in total. The average Bonchev–Trinajstić information content (AvgIpc) is 3.29. The lowest BCUT2D eigenvalue weighted by atomic mass is 10.0. The zero-order valence-corrected chi connectivity index (χ0v) is 42.4. The van der Waals surface area contributed by atoms with Crippen molar-refractivity contribution in [2.75, 3.05) is 13.2 Å². The smallest absolute Gasteiger partial charge is 0.306 e. The van der Waals surface area contributed by atoms with Gasteiger partial charge in [0.1, 0.15) is 6.61 Å². The summed E-state index contributed by atoms with van der Waals surface area (Å²) in [5, 5.41) is 9.61. The summed E-state index contributed by atoms with van der Waals surface area (Å²) >= 11 is 0. The number of aliphatic hydroxyl groups is 1. The molecule has 5 nitrogen and oxygen atoms in total. The predicted molar refractivity (Wildman–Crippen MR) is 274 cm³/mol. The SMILES string of the molecule is CCCC/C=C\C/C=C\CCCCCCCC(=O)OC(CO)COC(=O)CCCCCCCCCCCCCCCCCCCCCCCCC/C=C\CCCCCCCCCC. The lowest BCUT2D eigenvalue weighted by Gasteiger charge is -2.15. The third-order valence-corrected chi connectivity index (χ3v) is 12.7. The van der Waals surface area contributed by atoms with E-state index in [1.807, 2.05) is 0 Å². The van der Waals surface area contributed by atoms with Gasteiger partial charge in [-0.15, -0.1) is 0 Å². The van der Waals surface area contributed by atoms with E-state index in [0.717, 1.165) is 51.4 Å². The van der Waals surface area contributed by atoms with Crippen molar-refractivity contribution >= 4 is 11.9 Å².